The van der Waals surface area contributed by atoms with Crippen LogP contribution in [0.3, 0.4) is 0 Å². The second kappa shape index (κ2) is 5.49. The fraction of sp³-hybridized carbons (Fsp3) is 0.444. The second-order valence-electron chi connectivity index (χ2n) is 6.75. The summed E-state index contributed by atoms with van der Waals surface area (Å²) in [4.78, 5) is 12.8. The molecular weight excluding hydrogens is 292 g/mol. The van der Waals surface area contributed by atoms with Gasteiger partial charge in [0, 0.05) is 5.56 Å². The SMILES string of the molecule is Cc1noc(C)c1C(C)(C)C(=O)N[C@@H]1Cc2ccccc2[C@H]1O. The molecule has 23 heavy (non-hydrogen) atoms. The number of amides is 1. The molecule has 3 rings (SSSR count). The molecule has 0 fully saturated rings. The number of aryl methyl sites for hydroxylation is 2. The Bertz CT molecular complexity index is 729. The molecular formula is C18H22N2O3. The zero-order valence-electron chi connectivity index (χ0n) is 13.9. The van der Waals surface area contributed by atoms with Gasteiger partial charge < -0.3 is 14.9 Å². The molecule has 1 aromatic heterocycles. The van der Waals surface area contributed by atoms with Crippen LogP contribution in [0, 0.1) is 13.8 Å². The maximum absolute atomic E-state index is 12.8. The van der Waals surface area contributed by atoms with Gasteiger partial charge in [-0.15, -0.1) is 0 Å². The quantitative estimate of drug-likeness (QED) is 0.912. The molecule has 2 atom stereocenters. The molecule has 1 aliphatic carbocycles. The van der Waals surface area contributed by atoms with Crippen LogP contribution >= 0.6 is 0 Å². The molecule has 0 bridgehead atoms. The number of nitrogens with one attached hydrogen (secondary N) is 1. The summed E-state index contributed by atoms with van der Waals surface area (Å²) in [5.41, 5.74) is 2.73. The Morgan fingerprint density at radius 1 is 1.35 bits per heavy atom. The lowest BCUT2D eigenvalue weighted by molar-refractivity contribution is -0.127. The number of fused-ring (bicyclic) bond motifs is 1. The Balaban J connectivity index is 1.80. The van der Waals surface area contributed by atoms with Crippen LogP contribution in [-0.2, 0) is 16.6 Å². The van der Waals surface area contributed by atoms with Crippen molar-refractivity contribution in [2.24, 2.45) is 0 Å². The summed E-state index contributed by atoms with van der Waals surface area (Å²) < 4.78 is 5.19. The summed E-state index contributed by atoms with van der Waals surface area (Å²) >= 11 is 0. The average Bonchev–Trinajstić information content (AvgIpc) is 3.00. The van der Waals surface area contributed by atoms with Crippen molar-refractivity contribution in [2.45, 2.75) is 51.7 Å². The molecule has 0 unspecified atom stereocenters. The highest BCUT2D eigenvalue weighted by Gasteiger charge is 2.39. The van der Waals surface area contributed by atoms with E-state index in [1.165, 1.54) is 0 Å². The second-order valence-corrected chi connectivity index (χ2v) is 6.75. The minimum Gasteiger partial charge on any atom is -0.386 e. The minimum atomic E-state index is -0.775. The van der Waals surface area contributed by atoms with Crippen molar-refractivity contribution in [3.8, 4) is 0 Å². The average molecular weight is 314 g/mol. The molecule has 5 nitrogen and oxygen atoms in total. The van der Waals surface area contributed by atoms with E-state index in [0.29, 0.717) is 12.2 Å². The third kappa shape index (κ3) is 2.55. The molecule has 0 saturated carbocycles. The monoisotopic (exact) mass is 314 g/mol. The number of rotatable bonds is 3. The third-order valence-electron chi connectivity index (χ3n) is 4.74. The predicted molar refractivity (Wildman–Crippen MR) is 86.0 cm³/mol. The number of aromatic nitrogens is 1. The first-order chi connectivity index (χ1) is 10.8. The van der Waals surface area contributed by atoms with Gasteiger partial charge in [0.25, 0.3) is 0 Å². The van der Waals surface area contributed by atoms with E-state index in [9.17, 15) is 9.90 Å². The van der Waals surface area contributed by atoms with Gasteiger partial charge in [-0.05, 0) is 45.2 Å². The normalized spacial score (nSPS) is 20.4. The van der Waals surface area contributed by atoms with Crippen LogP contribution < -0.4 is 5.32 Å². The summed E-state index contributed by atoms with van der Waals surface area (Å²) in [6, 6.07) is 7.44. The molecule has 2 N–H and O–H groups in total. The molecule has 0 aliphatic heterocycles. The van der Waals surface area contributed by atoms with E-state index in [2.05, 4.69) is 10.5 Å². The number of hydrogen-bond acceptors (Lipinski definition) is 4. The molecule has 5 heteroatoms. The van der Waals surface area contributed by atoms with Crippen molar-refractivity contribution in [3.05, 3.63) is 52.4 Å². The highest BCUT2D eigenvalue weighted by Crippen LogP contribution is 2.33. The van der Waals surface area contributed by atoms with Crippen LogP contribution in [-0.4, -0.2) is 22.2 Å². The van der Waals surface area contributed by atoms with Crippen molar-refractivity contribution in [1.82, 2.24) is 10.5 Å². The van der Waals surface area contributed by atoms with E-state index in [0.717, 1.165) is 22.4 Å². The molecule has 1 aromatic carbocycles. The lowest BCUT2D eigenvalue weighted by Crippen LogP contribution is -2.47. The van der Waals surface area contributed by atoms with Crippen LogP contribution in [0.4, 0.5) is 0 Å². The van der Waals surface area contributed by atoms with Gasteiger partial charge in [0.15, 0.2) is 0 Å². The smallest absolute Gasteiger partial charge is 0.230 e. The number of nitrogens with zero attached hydrogens (tertiary/aromatic N) is 1. The van der Waals surface area contributed by atoms with Crippen molar-refractivity contribution in [1.29, 1.82) is 0 Å². The summed E-state index contributed by atoms with van der Waals surface area (Å²) in [7, 11) is 0. The number of benzene rings is 1. The molecule has 1 aliphatic rings. The van der Waals surface area contributed by atoms with E-state index >= 15 is 0 Å². The highest BCUT2D eigenvalue weighted by molar-refractivity contribution is 5.88. The number of carbonyl (C=O) groups is 1. The standard InChI is InChI=1S/C18H22N2O3/c1-10-15(11(2)23-20-10)18(3,4)17(22)19-14-9-12-7-5-6-8-13(12)16(14)21/h5-8,14,16,21H,9H2,1-4H3,(H,19,22)/t14-,16-/m1/s1. The zero-order valence-corrected chi connectivity index (χ0v) is 13.9. The third-order valence-corrected chi connectivity index (χ3v) is 4.74. The maximum atomic E-state index is 12.8. The fourth-order valence-electron chi connectivity index (χ4n) is 3.54. The van der Waals surface area contributed by atoms with Crippen LogP contribution in [0.1, 0.15) is 48.1 Å². The van der Waals surface area contributed by atoms with Gasteiger partial charge in [-0.1, -0.05) is 29.4 Å². The first-order valence-corrected chi connectivity index (χ1v) is 7.82. The van der Waals surface area contributed by atoms with Gasteiger partial charge in [0.1, 0.15) is 5.76 Å². The zero-order chi connectivity index (χ0) is 16.8. The van der Waals surface area contributed by atoms with Crippen molar-refractivity contribution < 1.29 is 14.4 Å². The summed E-state index contributed by atoms with van der Waals surface area (Å²) in [6.07, 6.45) is -0.0311. The number of aliphatic hydroxyl groups excluding tert-OH is 1. The molecule has 1 amide bonds. The first-order valence-electron chi connectivity index (χ1n) is 7.82. The van der Waals surface area contributed by atoms with Crippen LogP contribution in [0.15, 0.2) is 28.8 Å². The molecule has 0 spiro atoms. The molecule has 0 saturated heterocycles. The van der Waals surface area contributed by atoms with E-state index in [-0.39, 0.29) is 11.9 Å². The summed E-state index contributed by atoms with van der Waals surface area (Å²) in [6.45, 7) is 7.35. The first kappa shape index (κ1) is 15.7. The van der Waals surface area contributed by atoms with Crippen LogP contribution in [0.2, 0.25) is 0 Å². The lowest BCUT2D eigenvalue weighted by atomic mass is 9.82. The van der Waals surface area contributed by atoms with Crippen molar-refractivity contribution >= 4 is 5.91 Å². The molecule has 122 valence electrons. The van der Waals surface area contributed by atoms with Gasteiger partial charge in [-0.2, -0.15) is 0 Å². The molecule has 2 aromatic rings. The van der Waals surface area contributed by atoms with Gasteiger partial charge in [-0.3, -0.25) is 4.79 Å². The number of carbonyl (C=O) groups excluding carboxylic acids is 1. The van der Waals surface area contributed by atoms with Crippen LogP contribution in [0.5, 0.6) is 0 Å². The number of hydrogen-bond donors (Lipinski definition) is 2. The highest BCUT2D eigenvalue weighted by atomic mass is 16.5. The topological polar surface area (TPSA) is 75.4 Å². The number of aliphatic hydroxyl groups is 1. The predicted octanol–water partition coefficient (Wildman–Crippen LogP) is 2.34. The summed E-state index contributed by atoms with van der Waals surface area (Å²) in [5, 5.41) is 17.4. The van der Waals surface area contributed by atoms with Crippen LogP contribution in [0.25, 0.3) is 0 Å². The van der Waals surface area contributed by atoms with Gasteiger partial charge in [-0.25, -0.2) is 0 Å². The van der Waals surface area contributed by atoms with Gasteiger partial charge >= 0.3 is 0 Å². The Kier molecular flexibility index (Phi) is 3.76. The van der Waals surface area contributed by atoms with Gasteiger partial charge in [0.05, 0.1) is 23.3 Å². The molecule has 1 heterocycles. The lowest BCUT2D eigenvalue weighted by Gasteiger charge is -2.27. The molecule has 0 radical (unpaired) electrons. The van der Waals surface area contributed by atoms with E-state index < -0.39 is 11.5 Å². The Morgan fingerprint density at radius 2 is 2.04 bits per heavy atom. The van der Waals surface area contributed by atoms with Gasteiger partial charge in [0.2, 0.25) is 5.91 Å². The minimum absolute atomic E-state index is 0.135. The Morgan fingerprint density at radius 3 is 2.65 bits per heavy atom. The van der Waals surface area contributed by atoms with E-state index in [1.807, 2.05) is 52.0 Å². The Hall–Kier alpha value is -2.14. The maximum Gasteiger partial charge on any atom is 0.230 e. The fourth-order valence-corrected chi connectivity index (χ4v) is 3.54. The van der Waals surface area contributed by atoms with Crippen molar-refractivity contribution in [2.75, 3.05) is 0 Å². The summed E-state index contributed by atoms with van der Waals surface area (Å²) in [5.74, 6) is 0.515. The van der Waals surface area contributed by atoms with E-state index in [4.69, 9.17) is 4.52 Å². The Labute approximate surface area is 135 Å². The van der Waals surface area contributed by atoms with Crippen molar-refractivity contribution in [3.63, 3.8) is 0 Å². The van der Waals surface area contributed by atoms with E-state index in [1.54, 1.807) is 0 Å². The largest absolute Gasteiger partial charge is 0.386 e.